The summed E-state index contributed by atoms with van der Waals surface area (Å²) in [6.45, 7) is 1.81. The second-order valence-electron chi connectivity index (χ2n) is 6.26. The van der Waals surface area contributed by atoms with Gasteiger partial charge in [-0.15, -0.1) is 0 Å². The van der Waals surface area contributed by atoms with Crippen LogP contribution in [0, 0.1) is 5.92 Å². The average Bonchev–Trinajstić information content (AvgIpc) is 2.40. The highest BCUT2D eigenvalue weighted by atomic mass is 32.2. The molecule has 0 bridgehead atoms. The van der Waals surface area contributed by atoms with Gasteiger partial charge in [0.05, 0.1) is 5.75 Å². The Bertz CT molecular complexity index is 529. The molecule has 7 heteroatoms. The number of hydrogen-bond donors (Lipinski definition) is 2. The van der Waals surface area contributed by atoms with E-state index in [0.717, 1.165) is 19.3 Å². The molecule has 1 aliphatic heterocycles. The van der Waals surface area contributed by atoms with Crippen LogP contribution in [0.25, 0.3) is 0 Å². The minimum atomic E-state index is -3.45. The van der Waals surface area contributed by atoms with Crippen LogP contribution in [-0.2, 0) is 19.4 Å². The summed E-state index contributed by atoms with van der Waals surface area (Å²) in [4.78, 5) is 24.1. The van der Waals surface area contributed by atoms with E-state index in [1.807, 2.05) is 6.92 Å². The van der Waals surface area contributed by atoms with E-state index >= 15 is 0 Å². The van der Waals surface area contributed by atoms with E-state index in [-0.39, 0.29) is 18.1 Å². The summed E-state index contributed by atoms with van der Waals surface area (Å²) in [5, 5.41) is 11.1. The van der Waals surface area contributed by atoms with Crippen molar-refractivity contribution in [1.29, 1.82) is 0 Å². The Kier molecular flexibility index (Phi) is 4.60. The highest BCUT2D eigenvalue weighted by Crippen LogP contribution is 2.34. The molecule has 1 heterocycles. The zero-order chi connectivity index (χ0) is 15.7. The van der Waals surface area contributed by atoms with Gasteiger partial charge in [-0.1, -0.05) is 26.2 Å². The molecule has 0 aromatic carbocycles. The SMILES string of the molecule is CC1CCCCC1(NC(=O)C1CCCCS1(=O)=O)C(=O)O. The lowest BCUT2D eigenvalue weighted by Crippen LogP contribution is -2.62. The van der Waals surface area contributed by atoms with Gasteiger partial charge >= 0.3 is 5.97 Å². The molecule has 21 heavy (non-hydrogen) atoms. The molecule has 6 nitrogen and oxygen atoms in total. The van der Waals surface area contributed by atoms with Crippen molar-refractivity contribution in [3.05, 3.63) is 0 Å². The van der Waals surface area contributed by atoms with Gasteiger partial charge in [0.1, 0.15) is 10.8 Å². The zero-order valence-corrected chi connectivity index (χ0v) is 13.1. The first kappa shape index (κ1) is 16.3. The number of hydrogen-bond acceptors (Lipinski definition) is 4. The topological polar surface area (TPSA) is 101 Å². The van der Waals surface area contributed by atoms with Gasteiger partial charge in [0.25, 0.3) is 0 Å². The van der Waals surface area contributed by atoms with Crippen LogP contribution in [-0.4, -0.2) is 41.9 Å². The normalized spacial score (nSPS) is 35.9. The van der Waals surface area contributed by atoms with Crippen LogP contribution in [0.4, 0.5) is 0 Å². The first-order valence-corrected chi connectivity index (χ1v) is 9.28. The third-order valence-electron chi connectivity index (χ3n) is 4.90. The Morgan fingerprint density at radius 2 is 1.81 bits per heavy atom. The van der Waals surface area contributed by atoms with E-state index in [4.69, 9.17) is 0 Å². The molecule has 120 valence electrons. The van der Waals surface area contributed by atoms with E-state index < -0.39 is 32.5 Å². The Labute approximate surface area is 125 Å². The lowest BCUT2D eigenvalue weighted by atomic mass is 9.73. The van der Waals surface area contributed by atoms with Gasteiger partial charge in [-0.3, -0.25) is 4.79 Å². The van der Waals surface area contributed by atoms with Crippen LogP contribution in [0.5, 0.6) is 0 Å². The number of carboxylic acids is 1. The fourth-order valence-electron chi connectivity index (χ4n) is 3.45. The summed E-state index contributed by atoms with van der Waals surface area (Å²) in [6.07, 6.45) is 4.31. The molecule has 1 saturated carbocycles. The van der Waals surface area contributed by atoms with Crippen molar-refractivity contribution < 1.29 is 23.1 Å². The van der Waals surface area contributed by atoms with Crippen LogP contribution < -0.4 is 5.32 Å². The first-order chi connectivity index (χ1) is 9.79. The van der Waals surface area contributed by atoms with Gasteiger partial charge in [0.15, 0.2) is 9.84 Å². The molecule has 1 amide bonds. The quantitative estimate of drug-likeness (QED) is 0.812. The smallest absolute Gasteiger partial charge is 0.329 e. The van der Waals surface area contributed by atoms with Crippen LogP contribution in [0.2, 0.25) is 0 Å². The molecular weight excluding hydrogens is 294 g/mol. The lowest BCUT2D eigenvalue weighted by molar-refractivity contribution is -0.152. The molecule has 2 rings (SSSR count). The molecule has 1 saturated heterocycles. The van der Waals surface area contributed by atoms with E-state index in [0.29, 0.717) is 19.3 Å². The number of sulfone groups is 1. The number of rotatable bonds is 3. The summed E-state index contributed by atoms with van der Waals surface area (Å²) < 4.78 is 24.0. The third kappa shape index (κ3) is 3.07. The molecule has 0 aromatic rings. The van der Waals surface area contributed by atoms with Gasteiger partial charge in [-0.05, 0) is 31.6 Å². The average molecular weight is 317 g/mol. The van der Waals surface area contributed by atoms with Crippen molar-refractivity contribution in [3.8, 4) is 0 Å². The summed E-state index contributed by atoms with van der Waals surface area (Å²) >= 11 is 0. The summed E-state index contributed by atoms with van der Waals surface area (Å²) in [6, 6.07) is 0. The molecule has 0 aromatic heterocycles. The third-order valence-corrected chi connectivity index (χ3v) is 7.07. The van der Waals surface area contributed by atoms with Crippen molar-refractivity contribution in [3.63, 3.8) is 0 Å². The predicted octanol–water partition coefficient (Wildman–Crippen LogP) is 1.10. The van der Waals surface area contributed by atoms with Crippen molar-refractivity contribution in [1.82, 2.24) is 5.32 Å². The van der Waals surface area contributed by atoms with Crippen LogP contribution in [0.15, 0.2) is 0 Å². The van der Waals surface area contributed by atoms with Crippen molar-refractivity contribution in [2.24, 2.45) is 5.92 Å². The maximum Gasteiger partial charge on any atom is 0.329 e. The van der Waals surface area contributed by atoms with Crippen molar-refractivity contribution >= 4 is 21.7 Å². The highest BCUT2D eigenvalue weighted by molar-refractivity contribution is 7.92. The second-order valence-corrected chi connectivity index (χ2v) is 8.57. The predicted molar refractivity (Wildman–Crippen MR) is 77.6 cm³/mol. The molecular formula is C14H23NO5S. The van der Waals surface area contributed by atoms with Crippen molar-refractivity contribution in [2.75, 3.05) is 5.75 Å². The Balaban J connectivity index is 2.21. The zero-order valence-electron chi connectivity index (χ0n) is 12.3. The molecule has 3 atom stereocenters. The van der Waals surface area contributed by atoms with Gasteiger partial charge < -0.3 is 10.4 Å². The van der Waals surface area contributed by atoms with Crippen molar-refractivity contribution in [2.45, 2.75) is 62.7 Å². The molecule has 2 N–H and O–H groups in total. The Morgan fingerprint density at radius 3 is 2.38 bits per heavy atom. The minimum absolute atomic E-state index is 0.0146. The Hall–Kier alpha value is -1.11. The van der Waals surface area contributed by atoms with Gasteiger partial charge in [0.2, 0.25) is 5.91 Å². The number of carboxylic acid groups (broad SMARTS) is 1. The molecule has 1 aliphatic carbocycles. The first-order valence-electron chi connectivity index (χ1n) is 7.56. The number of carbonyl (C=O) groups is 2. The maximum atomic E-state index is 12.4. The summed E-state index contributed by atoms with van der Waals surface area (Å²) in [7, 11) is -3.45. The van der Waals surface area contributed by atoms with Gasteiger partial charge in [-0.25, -0.2) is 13.2 Å². The number of carbonyl (C=O) groups excluding carboxylic acids is 1. The van der Waals surface area contributed by atoms with Crippen LogP contribution >= 0.6 is 0 Å². The van der Waals surface area contributed by atoms with Crippen LogP contribution in [0.1, 0.15) is 51.9 Å². The molecule has 0 spiro atoms. The number of amides is 1. The Morgan fingerprint density at radius 1 is 1.14 bits per heavy atom. The van der Waals surface area contributed by atoms with E-state index in [1.165, 1.54) is 0 Å². The second kappa shape index (κ2) is 5.94. The fourth-order valence-corrected chi connectivity index (χ4v) is 5.26. The monoisotopic (exact) mass is 317 g/mol. The standard InChI is InChI=1S/C14H23NO5S/c1-10-6-2-4-8-14(10,13(17)18)15-12(16)11-7-3-5-9-21(11,19)20/h10-11H,2-9H2,1H3,(H,15,16)(H,17,18). The summed E-state index contributed by atoms with van der Waals surface area (Å²) in [5.41, 5.74) is -1.32. The molecule has 0 radical (unpaired) electrons. The van der Waals surface area contributed by atoms with Gasteiger partial charge in [-0.2, -0.15) is 0 Å². The molecule has 2 fully saturated rings. The van der Waals surface area contributed by atoms with E-state index in [9.17, 15) is 23.1 Å². The fraction of sp³-hybridized carbons (Fsp3) is 0.857. The van der Waals surface area contributed by atoms with Crippen LogP contribution in [0.3, 0.4) is 0 Å². The largest absolute Gasteiger partial charge is 0.479 e. The number of aliphatic carboxylic acids is 1. The highest BCUT2D eigenvalue weighted by Gasteiger charge is 2.48. The lowest BCUT2D eigenvalue weighted by Gasteiger charge is -2.40. The minimum Gasteiger partial charge on any atom is -0.479 e. The maximum absolute atomic E-state index is 12.4. The van der Waals surface area contributed by atoms with E-state index in [2.05, 4.69) is 5.32 Å². The van der Waals surface area contributed by atoms with E-state index in [1.54, 1.807) is 0 Å². The molecule has 2 aliphatic rings. The van der Waals surface area contributed by atoms with Gasteiger partial charge in [0, 0.05) is 0 Å². The summed E-state index contributed by atoms with van der Waals surface area (Å²) in [5.74, 6) is -1.87. The number of nitrogens with one attached hydrogen (secondary N) is 1. The molecule has 3 unspecified atom stereocenters.